The van der Waals surface area contributed by atoms with Gasteiger partial charge in [0, 0.05) is 45.8 Å². The molecule has 5 nitrogen and oxygen atoms in total. The zero-order valence-corrected chi connectivity index (χ0v) is 17.5. The van der Waals surface area contributed by atoms with Crippen molar-refractivity contribution in [2.75, 3.05) is 21.3 Å². The predicted molar refractivity (Wildman–Crippen MR) is 102 cm³/mol. The van der Waals surface area contributed by atoms with Gasteiger partial charge in [-0.3, -0.25) is 0 Å². The first-order valence-electron chi connectivity index (χ1n) is 9.64. The molecule has 0 saturated heterocycles. The minimum atomic E-state index is -2.48. The number of benzene rings is 1. The van der Waals surface area contributed by atoms with Gasteiger partial charge in [0.15, 0.2) is 0 Å². The van der Waals surface area contributed by atoms with Crippen LogP contribution in [0.4, 0.5) is 0 Å². The molecule has 6 heteroatoms. The highest BCUT2D eigenvalue weighted by Gasteiger charge is 2.42. The van der Waals surface area contributed by atoms with Crippen molar-refractivity contribution in [3.05, 3.63) is 29.3 Å². The van der Waals surface area contributed by atoms with Crippen molar-refractivity contribution in [1.82, 2.24) is 0 Å². The largest absolute Gasteiger partial charge is 0.500 e. The second-order valence-corrected chi connectivity index (χ2v) is 10.6. The fourth-order valence-electron chi connectivity index (χ4n) is 4.19. The molecule has 1 atom stereocenters. The Bertz CT molecular complexity index is 590. The Morgan fingerprint density at radius 1 is 1.12 bits per heavy atom. The lowest BCUT2D eigenvalue weighted by molar-refractivity contribution is -0.224. The summed E-state index contributed by atoms with van der Waals surface area (Å²) >= 11 is 0. The first-order valence-corrected chi connectivity index (χ1v) is 11.6. The quantitative estimate of drug-likeness (QED) is 0.629. The van der Waals surface area contributed by atoms with E-state index in [1.807, 2.05) is 0 Å². The van der Waals surface area contributed by atoms with Crippen LogP contribution in [-0.4, -0.2) is 35.9 Å². The average molecular weight is 381 g/mol. The summed E-state index contributed by atoms with van der Waals surface area (Å²) < 4.78 is 28.9. The standard InChI is InChI=1S/C20H32O5Si/c1-20(18-9-5-6-10-18)24-15-17-14-16(11-12-19(17)25-20)8-7-13-26(21-2,22-3)23-4/h11-12,14,18H,5-10,13,15H2,1-4H3. The minimum Gasteiger partial charge on any atom is -0.462 e. The summed E-state index contributed by atoms with van der Waals surface area (Å²) in [6.07, 6.45) is 6.89. The van der Waals surface area contributed by atoms with E-state index < -0.39 is 14.6 Å². The summed E-state index contributed by atoms with van der Waals surface area (Å²) in [6, 6.07) is 7.28. The van der Waals surface area contributed by atoms with Gasteiger partial charge in [-0.25, -0.2) is 0 Å². The molecule has 146 valence electrons. The highest BCUT2D eigenvalue weighted by Crippen LogP contribution is 2.42. The van der Waals surface area contributed by atoms with E-state index in [2.05, 4.69) is 25.1 Å². The van der Waals surface area contributed by atoms with Gasteiger partial charge in [-0.2, -0.15) is 0 Å². The topological polar surface area (TPSA) is 46.2 Å². The van der Waals surface area contributed by atoms with Crippen molar-refractivity contribution in [3.8, 4) is 5.75 Å². The van der Waals surface area contributed by atoms with E-state index >= 15 is 0 Å². The van der Waals surface area contributed by atoms with Crippen LogP contribution in [0.1, 0.15) is 50.2 Å². The van der Waals surface area contributed by atoms with Crippen LogP contribution in [0.2, 0.25) is 6.04 Å². The van der Waals surface area contributed by atoms with Crippen molar-refractivity contribution in [2.45, 2.75) is 63.9 Å². The lowest BCUT2D eigenvalue weighted by Gasteiger charge is -2.40. The third-order valence-corrected chi connectivity index (χ3v) is 8.76. The van der Waals surface area contributed by atoms with E-state index in [0.29, 0.717) is 12.5 Å². The molecule has 0 aromatic heterocycles. The zero-order valence-electron chi connectivity index (χ0n) is 16.5. The molecule has 3 rings (SSSR count). The zero-order chi connectivity index (χ0) is 18.6. The maximum absolute atomic E-state index is 6.29. The molecular weight excluding hydrogens is 348 g/mol. The summed E-state index contributed by atoms with van der Waals surface area (Å²) in [6.45, 7) is 2.73. The average Bonchev–Trinajstić information content (AvgIpc) is 3.21. The molecule has 0 amide bonds. The normalized spacial score (nSPS) is 23.7. The van der Waals surface area contributed by atoms with Gasteiger partial charge in [0.25, 0.3) is 0 Å². The monoisotopic (exact) mass is 380 g/mol. The molecule has 1 saturated carbocycles. The Morgan fingerprint density at radius 3 is 2.46 bits per heavy atom. The van der Waals surface area contributed by atoms with Gasteiger partial charge in [0.05, 0.1) is 6.61 Å². The van der Waals surface area contributed by atoms with E-state index in [9.17, 15) is 0 Å². The van der Waals surface area contributed by atoms with E-state index in [4.69, 9.17) is 22.8 Å². The highest BCUT2D eigenvalue weighted by atomic mass is 28.4. The minimum absolute atomic E-state index is 0.467. The summed E-state index contributed by atoms with van der Waals surface area (Å²) in [4.78, 5) is 0. The van der Waals surface area contributed by atoms with Crippen molar-refractivity contribution < 1.29 is 22.8 Å². The lowest BCUT2D eigenvalue weighted by Crippen LogP contribution is -2.44. The molecule has 2 aliphatic rings. The van der Waals surface area contributed by atoms with Crippen molar-refractivity contribution in [1.29, 1.82) is 0 Å². The SMILES string of the molecule is CO[Si](CCCc1ccc2c(c1)COC(C)(C1CCCC1)O2)(OC)OC. The number of fused-ring (bicyclic) bond motifs is 1. The smallest absolute Gasteiger partial charge is 0.462 e. The molecular formula is C20H32O5Si. The van der Waals surface area contributed by atoms with Crippen LogP contribution < -0.4 is 4.74 Å². The van der Waals surface area contributed by atoms with E-state index in [0.717, 1.165) is 30.2 Å². The van der Waals surface area contributed by atoms with Crippen LogP contribution in [0.25, 0.3) is 0 Å². The van der Waals surface area contributed by atoms with Crippen LogP contribution in [0.3, 0.4) is 0 Å². The number of hydrogen-bond acceptors (Lipinski definition) is 5. The maximum Gasteiger partial charge on any atom is 0.500 e. The molecule has 1 unspecified atom stereocenters. The third kappa shape index (κ3) is 4.15. The molecule has 0 N–H and O–H groups in total. The van der Waals surface area contributed by atoms with Crippen LogP contribution in [0, 0.1) is 5.92 Å². The van der Waals surface area contributed by atoms with Crippen molar-refractivity contribution >= 4 is 8.80 Å². The van der Waals surface area contributed by atoms with Gasteiger partial charge in [-0.05, 0) is 43.4 Å². The maximum atomic E-state index is 6.29. The second kappa shape index (κ2) is 8.40. The fraction of sp³-hybridized carbons (Fsp3) is 0.700. The molecule has 1 aliphatic carbocycles. The lowest BCUT2D eigenvalue weighted by atomic mass is 9.96. The molecule has 0 spiro atoms. The first-order chi connectivity index (χ1) is 12.5. The number of hydrogen-bond donors (Lipinski definition) is 0. The van der Waals surface area contributed by atoms with Gasteiger partial charge in [-0.1, -0.05) is 18.9 Å². The van der Waals surface area contributed by atoms with Gasteiger partial charge in [0.2, 0.25) is 5.79 Å². The molecule has 1 aromatic rings. The molecule has 1 heterocycles. The molecule has 1 aromatic carbocycles. The van der Waals surface area contributed by atoms with E-state index in [1.54, 1.807) is 21.3 Å². The Morgan fingerprint density at radius 2 is 1.81 bits per heavy atom. The fourth-order valence-corrected chi connectivity index (χ4v) is 5.91. The van der Waals surface area contributed by atoms with Crippen LogP contribution >= 0.6 is 0 Å². The van der Waals surface area contributed by atoms with E-state index in [-0.39, 0.29) is 0 Å². The third-order valence-electron chi connectivity index (χ3n) is 5.93. The predicted octanol–water partition coefficient (Wildman–Crippen LogP) is 4.31. The Balaban J connectivity index is 1.60. The Hall–Kier alpha value is -0.923. The summed E-state index contributed by atoms with van der Waals surface area (Å²) in [5.41, 5.74) is 2.43. The molecule has 26 heavy (non-hydrogen) atoms. The number of ether oxygens (including phenoxy) is 2. The van der Waals surface area contributed by atoms with Crippen molar-refractivity contribution in [3.63, 3.8) is 0 Å². The van der Waals surface area contributed by atoms with E-state index in [1.165, 1.54) is 31.2 Å². The molecule has 1 fully saturated rings. The van der Waals surface area contributed by atoms with Crippen LogP contribution in [-0.2, 0) is 31.0 Å². The van der Waals surface area contributed by atoms with Crippen molar-refractivity contribution in [2.24, 2.45) is 5.92 Å². The van der Waals surface area contributed by atoms with Crippen LogP contribution in [0.15, 0.2) is 18.2 Å². The van der Waals surface area contributed by atoms with Gasteiger partial charge < -0.3 is 22.8 Å². The highest BCUT2D eigenvalue weighted by molar-refractivity contribution is 6.60. The molecule has 0 bridgehead atoms. The molecule has 0 radical (unpaired) electrons. The van der Waals surface area contributed by atoms with Gasteiger partial charge in [-0.15, -0.1) is 0 Å². The Kier molecular flexibility index (Phi) is 6.40. The summed E-state index contributed by atoms with van der Waals surface area (Å²) in [5, 5.41) is 0. The van der Waals surface area contributed by atoms with Crippen LogP contribution in [0.5, 0.6) is 5.75 Å². The summed E-state index contributed by atoms with van der Waals surface area (Å²) in [5.74, 6) is 1.01. The summed E-state index contributed by atoms with van der Waals surface area (Å²) in [7, 11) is 2.50. The Labute approximate surface area is 158 Å². The first kappa shape index (κ1) is 19.8. The van der Waals surface area contributed by atoms with Gasteiger partial charge >= 0.3 is 8.80 Å². The van der Waals surface area contributed by atoms with Gasteiger partial charge in [0.1, 0.15) is 5.75 Å². The molecule has 1 aliphatic heterocycles. The second-order valence-electron chi connectivity index (χ2n) is 7.48. The number of rotatable bonds is 8. The number of aryl methyl sites for hydroxylation is 1.